The minimum Gasteiger partial charge on any atom is -0.380 e. The Morgan fingerprint density at radius 2 is 1.90 bits per heavy atom. The first kappa shape index (κ1) is 16.9. The zero-order chi connectivity index (χ0) is 15.2. The van der Waals surface area contributed by atoms with Gasteiger partial charge in [0.05, 0.1) is 12.2 Å². The van der Waals surface area contributed by atoms with E-state index in [4.69, 9.17) is 4.74 Å². The molecule has 0 aliphatic carbocycles. The summed E-state index contributed by atoms with van der Waals surface area (Å²) in [7, 11) is 0. The third-order valence-corrected chi connectivity index (χ3v) is 2.49. The van der Waals surface area contributed by atoms with Gasteiger partial charge in [0.15, 0.2) is 0 Å². The number of hydrogen-bond acceptors (Lipinski definition) is 2. The van der Waals surface area contributed by atoms with Gasteiger partial charge in [-0.2, -0.15) is 13.2 Å². The second-order valence-electron chi connectivity index (χ2n) is 4.99. The molecule has 0 radical (unpaired) electrons. The maximum Gasteiger partial charge on any atom is 0.416 e. The highest BCUT2D eigenvalue weighted by Crippen LogP contribution is 2.30. The standard InChI is InChI=1S/C14H19F4NO/c1-10(2)9-20-4-3-19-8-11-5-12(14(16,17)18)7-13(15)6-11/h5-7,10,19H,3-4,8-9H2,1-2H3. The molecule has 0 atom stereocenters. The van der Waals surface area contributed by atoms with E-state index in [1.807, 2.05) is 13.8 Å². The third-order valence-electron chi connectivity index (χ3n) is 2.49. The summed E-state index contributed by atoms with van der Waals surface area (Å²) in [5, 5.41) is 2.92. The summed E-state index contributed by atoms with van der Waals surface area (Å²) >= 11 is 0. The minimum absolute atomic E-state index is 0.172. The maximum absolute atomic E-state index is 13.1. The van der Waals surface area contributed by atoms with Gasteiger partial charge in [0.25, 0.3) is 0 Å². The number of rotatable bonds is 7. The molecule has 114 valence electrons. The number of alkyl halides is 3. The summed E-state index contributed by atoms with van der Waals surface area (Å²) in [6.45, 7) is 5.84. The molecule has 0 amide bonds. The first-order valence-corrected chi connectivity index (χ1v) is 6.44. The van der Waals surface area contributed by atoms with Gasteiger partial charge in [-0.15, -0.1) is 0 Å². The molecule has 0 spiro atoms. The van der Waals surface area contributed by atoms with Gasteiger partial charge >= 0.3 is 6.18 Å². The van der Waals surface area contributed by atoms with Gasteiger partial charge < -0.3 is 10.1 Å². The van der Waals surface area contributed by atoms with Crippen molar-refractivity contribution in [1.82, 2.24) is 5.32 Å². The number of ether oxygens (including phenoxy) is 1. The lowest BCUT2D eigenvalue weighted by Gasteiger charge is -2.11. The van der Waals surface area contributed by atoms with Gasteiger partial charge in [-0.05, 0) is 29.7 Å². The lowest BCUT2D eigenvalue weighted by Crippen LogP contribution is -2.20. The summed E-state index contributed by atoms with van der Waals surface area (Å²) in [4.78, 5) is 0. The molecule has 1 aromatic rings. The molecule has 0 saturated heterocycles. The molecule has 0 aliphatic heterocycles. The van der Waals surface area contributed by atoms with Crippen molar-refractivity contribution in [3.63, 3.8) is 0 Å². The zero-order valence-corrected chi connectivity index (χ0v) is 11.6. The molecule has 1 aromatic carbocycles. The van der Waals surface area contributed by atoms with Crippen molar-refractivity contribution in [2.75, 3.05) is 19.8 Å². The quantitative estimate of drug-likeness (QED) is 0.612. The van der Waals surface area contributed by atoms with Crippen LogP contribution < -0.4 is 5.32 Å². The first-order valence-electron chi connectivity index (χ1n) is 6.44. The second kappa shape index (κ2) is 7.59. The number of hydrogen-bond donors (Lipinski definition) is 1. The summed E-state index contributed by atoms with van der Waals surface area (Å²) in [6.07, 6.45) is -4.53. The van der Waals surface area contributed by atoms with Crippen molar-refractivity contribution in [1.29, 1.82) is 0 Å². The fourth-order valence-corrected chi connectivity index (χ4v) is 1.61. The Morgan fingerprint density at radius 3 is 2.50 bits per heavy atom. The summed E-state index contributed by atoms with van der Waals surface area (Å²) in [5.41, 5.74) is -0.702. The molecular weight excluding hydrogens is 274 g/mol. The Labute approximate surface area is 116 Å². The van der Waals surface area contributed by atoms with Gasteiger partial charge in [0, 0.05) is 19.7 Å². The van der Waals surface area contributed by atoms with Crippen LogP contribution in [0.25, 0.3) is 0 Å². The SMILES string of the molecule is CC(C)COCCNCc1cc(F)cc(C(F)(F)F)c1. The summed E-state index contributed by atoms with van der Waals surface area (Å²) < 4.78 is 56.0. The molecule has 0 unspecified atom stereocenters. The van der Waals surface area contributed by atoms with Gasteiger partial charge in [-0.25, -0.2) is 4.39 Å². The molecular formula is C14H19F4NO. The van der Waals surface area contributed by atoms with Crippen LogP contribution in [0, 0.1) is 11.7 Å². The number of nitrogens with one attached hydrogen (secondary N) is 1. The lowest BCUT2D eigenvalue weighted by atomic mass is 10.1. The number of benzene rings is 1. The van der Waals surface area contributed by atoms with Gasteiger partial charge in [0.2, 0.25) is 0 Å². The van der Waals surface area contributed by atoms with E-state index >= 15 is 0 Å². The Hall–Kier alpha value is -1.14. The van der Waals surface area contributed by atoms with Crippen molar-refractivity contribution in [3.8, 4) is 0 Å². The first-order chi connectivity index (χ1) is 9.29. The van der Waals surface area contributed by atoms with Crippen LogP contribution in [0.4, 0.5) is 17.6 Å². The van der Waals surface area contributed by atoms with Crippen molar-refractivity contribution in [3.05, 3.63) is 35.1 Å². The highest BCUT2D eigenvalue weighted by atomic mass is 19.4. The van der Waals surface area contributed by atoms with E-state index in [1.54, 1.807) is 0 Å². The van der Waals surface area contributed by atoms with Crippen LogP contribution >= 0.6 is 0 Å². The Balaban J connectivity index is 2.42. The molecule has 0 aliphatic rings. The number of halogens is 4. The van der Waals surface area contributed by atoms with E-state index in [0.717, 1.165) is 12.1 Å². The average Bonchev–Trinajstić information content (AvgIpc) is 2.31. The second-order valence-corrected chi connectivity index (χ2v) is 4.99. The highest BCUT2D eigenvalue weighted by molar-refractivity contribution is 5.26. The van der Waals surface area contributed by atoms with Gasteiger partial charge in [-0.1, -0.05) is 13.8 Å². The molecule has 0 bridgehead atoms. The monoisotopic (exact) mass is 293 g/mol. The average molecular weight is 293 g/mol. The van der Waals surface area contributed by atoms with E-state index in [1.165, 1.54) is 0 Å². The Bertz CT molecular complexity index is 418. The van der Waals surface area contributed by atoms with Crippen LogP contribution in [0.15, 0.2) is 18.2 Å². The summed E-state index contributed by atoms with van der Waals surface area (Å²) in [6, 6.07) is 2.54. The lowest BCUT2D eigenvalue weighted by molar-refractivity contribution is -0.137. The maximum atomic E-state index is 13.1. The highest BCUT2D eigenvalue weighted by Gasteiger charge is 2.31. The van der Waals surface area contributed by atoms with E-state index in [2.05, 4.69) is 5.32 Å². The fraction of sp³-hybridized carbons (Fsp3) is 0.571. The molecule has 0 fully saturated rings. The van der Waals surface area contributed by atoms with Gasteiger partial charge in [0.1, 0.15) is 5.82 Å². The predicted molar refractivity (Wildman–Crippen MR) is 68.8 cm³/mol. The van der Waals surface area contributed by atoms with Gasteiger partial charge in [-0.3, -0.25) is 0 Å². The van der Waals surface area contributed by atoms with Crippen LogP contribution in [0.1, 0.15) is 25.0 Å². The van der Waals surface area contributed by atoms with Crippen molar-refractivity contribution in [2.24, 2.45) is 5.92 Å². The van der Waals surface area contributed by atoms with E-state index in [-0.39, 0.29) is 12.1 Å². The molecule has 6 heteroatoms. The molecule has 20 heavy (non-hydrogen) atoms. The van der Waals surface area contributed by atoms with Crippen LogP contribution in [0.5, 0.6) is 0 Å². The van der Waals surface area contributed by atoms with E-state index in [0.29, 0.717) is 31.7 Å². The van der Waals surface area contributed by atoms with Crippen LogP contribution in [-0.2, 0) is 17.5 Å². The fourth-order valence-electron chi connectivity index (χ4n) is 1.61. The molecule has 0 aromatic heterocycles. The van der Waals surface area contributed by atoms with Crippen molar-refractivity contribution >= 4 is 0 Å². The van der Waals surface area contributed by atoms with E-state index < -0.39 is 17.6 Å². The Kier molecular flexibility index (Phi) is 6.42. The van der Waals surface area contributed by atoms with Crippen molar-refractivity contribution in [2.45, 2.75) is 26.6 Å². The molecule has 1 rings (SSSR count). The van der Waals surface area contributed by atoms with E-state index in [9.17, 15) is 17.6 Å². The van der Waals surface area contributed by atoms with Crippen LogP contribution in [0.2, 0.25) is 0 Å². The zero-order valence-electron chi connectivity index (χ0n) is 11.6. The Morgan fingerprint density at radius 1 is 1.20 bits per heavy atom. The molecule has 0 heterocycles. The molecule has 1 N–H and O–H groups in total. The predicted octanol–water partition coefficient (Wildman–Crippen LogP) is 3.61. The third kappa shape index (κ3) is 6.34. The van der Waals surface area contributed by atoms with Crippen LogP contribution in [0.3, 0.4) is 0 Å². The van der Waals surface area contributed by atoms with Crippen LogP contribution in [-0.4, -0.2) is 19.8 Å². The smallest absolute Gasteiger partial charge is 0.380 e. The largest absolute Gasteiger partial charge is 0.416 e. The normalized spacial score (nSPS) is 12.2. The summed E-state index contributed by atoms with van der Waals surface area (Å²) in [5.74, 6) is -0.444. The molecule has 2 nitrogen and oxygen atoms in total. The van der Waals surface area contributed by atoms with Crippen molar-refractivity contribution < 1.29 is 22.3 Å². The molecule has 0 saturated carbocycles. The minimum atomic E-state index is -4.53. The topological polar surface area (TPSA) is 21.3 Å².